The summed E-state index contributed by atoms with van der Waals surface area (Å²) in [6, 6.07) is 4.10. The SMILES string of the molecule is Cc1cc2nc(N)[nH]c2cc1C. The summed E-state index contributed by atoms with van der Waals surface area (Å²) in [5.74, 6) is 0.481. The van der Waals surface area contributed by atoms with Crippen LogP contribution in [-0.2, 0) is 0 Å². The van der Waals surface area contributed by atoms with Gasteiger partial charge in [0.1, 0.15) is 0 Å². The van der Waals surface area contributed by atoms with Crippen LogP contribution in [0.15, 0.2) is 12.1 Å². The van der Waals surface area contributed by atoms with Gasteiger partial charge in [-0.05, 0) is 37.1 Å². The van der Waals surface area contributed by atoms with Gasteiger partial charge in [0.05, 0.1) is 11.0 Å². The highest BCUT2D eigenvalue weighted by Gasteiger charge is 2.01. The van der Waals surface area contributed by atoms with E-state index in [1.807, 2.05) is 6.07 Å². The Hall–Kier alpha value is -1.51. The third kappa shape index (κ3) is 0.942. The first kappa shape index (κ1) is 7.16. The fourth-order valence-corrected chi connectivity index (χ4v) is 1.29. The van der Waals surface area contributed by atoms with Crippen LogP contribution in [0.1, 0.15) is 11.1 Å². The van der Waals surface area contributed by atoms with Gasteiger partial charge in [-0.25, -0.2) is 4.98 Å². The zero-order chi connectivity index (χ0) is 8.72. The van der Waals surface area contributed by atoms with Gasteiger partial charge in [-0.2, -0.15) is 0 Å². The minimum Gasteiger partial charge on any atom is -0.369 e. The number of anilines is 1. The quantitative estimate of drug-likeness (QED) is 0.618. The van der Waals surface area contributed by atoms with Gasteiger partial charge in [-0.15, -0.1) is 0 Å². The Bertz CT molecular complexity index is 390. The molecule has 0 radical (unpaired) electrons. The molecule has 0 saturated heterocycles. The average Bonchev–Trinajstić information content (AvgIpc) is 2.30. The predicted molar refractivity (Wildman–Crippen MR) is 50.0 cm³/mol. The van der Waals surface area contributed by atoms with E-state index in [1.54, 1.807) is 0 Å². The maximum Gasteiger partial charge on any atom is 0.198 e. The molecule has 12 heavy (non-hydrogen) atoms. The van der Waals surface area contributed by atoms with E-state index < -0.39 is 0 Å². The number of hydrogen-bond donors (Lipinski definition) is 2. The van der Waals surface area contributed by atoms with Crippen LogP contribution in [0.3, 0.4) is 0 Å². The van der Waals surface area contributed by atoms with Crippen LogP contribution in [0.25, 0.3) is 11.0 Å². The molecular formula is C9H11N3. The zero-order valence-electron chi connectivity index (χ0n) is 7.18. The van der Waals surface area contributed by atoms with Crippen molar-refractivity contribution >= 4 is 17.0 Å². The van der Waals surface area contributed by atoms with Gasteiger partial charge in [0.2, 0.25) is 0 Å². The van der Waals surface area contributed by atoms with E-state index in [2.05, 4.69) is 29.9 Å². The Balaban J connectivity index is 2.83. The largest absolute Gasteiger partial charge is 0.369 e. The smallest absolute Gasteiger partial charge is 0.198 e. The van der Waals surface area contributed by atoms with E-state index in [9.17, 15) is 0 Å². The minimum absolute atomic E-state index is 0.481. The van der Waals surface area contributed by atoms with Gasteiger partial charge in [0.25, 0.3) is 0 Å². The lowest BCUT2D eigenvalue weighted by Gasteiger charge is -1.97. The van der Waals surface area contributed by atoms with Gasteiger partial charge in [-0.1, -0.05) is 0 Å². The highest BCUT2D eigenvalue weighted by atomic mass is 15.0. The molecule has 0 fully saturated rings. The average molecular weight is 161 g/mol. The number of fused-ring (bicyclic) bond motifs is 1. The number of aryl methyl sites for hydroxylation is 2. The predicted octanol–water partition coefficient (Wildman–Crippen LogP) is 1.76. The molecule has 0 bridgehead atoms. The third-order valence-corrected chi connectivity index (χ3v) is 2.12. The summed E-state index contributed by atoms with van der Waals surface area (Å²) in [5, 5.41) is 0. The van der Waals surface area contributed by atoms with Crippen LogP contribution in [0, 0.1) is 13.8 Å². The Morgan fingerprint density at radius 2 is 1.92 bits per heavy atom. The van der Waals surface area contributed by atoms with Gasteiger partial charge < -0.3 is 10.7 Å². The lowest BCUT2D eigenvalue weighted by Crippen LogP contribution is -1.84. The molecule has 3 nitrogen and oxygen atoms in total. The van der Waals surface area contributed by atoms with Crippen LogP contribution >= 0.6 is 0 Å². The van der Waals surface area contributed by atoms with Crippen molar-refractivity contribution in [2.75, 3.05) is 5.73 Å². The van der Waals surface area contributed by atoms with E-state index >= 15 is 0 Å². The summed E-state index contributed by atoms with van der Waals surface area (Å²) in [6.45, 7) is 4.14. The summed E-state index contributed by atoms with van der Waals surface area (Å²) >= 11 is 0. The second-order valence-corrected chi connectivity index (χ2v) is 3.08. The topological polar surface area (TPSA) is 54.7 Å². The molecule has 0 unspecified atom stereocenters. The molecule has 3 heteroatoms. The number of hydrogen-bond acceptors (Lipinski definition) is 2. The lowest BCUT2D eigenvalue weighted by atomic mass is 10.1. The first-order valence-electron chi connectivity index (χ1n) is 3.89. The van der Waals surface area contributed by atoms with Gasteiger partial charge in [0, 0.05) is 0 Å². The van der Waals surface area contributed by atoms with Crippen molar-refractivity contribution in [1.29, 1.82) is 0 Å². The van der Waals surface area contributed by atoms with Crippen LogP contribution in [0.2, 0.25) is 0 Å². The molecule has 2 aromatic rings. The van der Waals surface area contributed by atoms with E-state index in [0.29, 0.717) is 5.95 Å². The normalized spacial score (nSPS) is 10.8. The van der Waals surface area contributed by atoms with Gasteiger partial charge in [0.15, 0.2) is 5.95 Å². The number of aromatic nitrogens is 2. The van der Waals surface area contributed by atoms with E-state index in [-0.39, 0.29) is 0 Å². The Morgan fingerprint density at radius 1 is 1.25 bits per heavy atom. The van der Waals surface area contributed by atoms with E-state index in [1.165, 1.54) is 11.1 Å². The molecule has 3 N–H and O–H groups in total. The molecule has 0 aliphatic rings. The molecule has 0 atom stereocenters. The summed E-state index contributed by atoms with van der Waals surface area (Å²) in [5.41, 5.74) is 9.97. The molecule has 0 aliphatic carbocycles. The molecule has 0 saturated carbocycles. The standard InChI is InChI=1S/C9H11N3/c1-5-3-7-8(4-6(5)2)12-9(10)11-7/h3-4H,1-2H3,(H3,10,11,12). The molecule has 1 aromatic carbocycles. The molecule has 1 heterocycles. The van der Waals surface area contributed by atoms with Crippen molar-refractivity contribution in [3.63, 3.8) is 0 Å². The molecule has 62 valence electrons. The first-order valence-corrected chi connectivity index (χ1v) is 3.89. The minimum atomic E-state index is 0.481. The number of imidazole rings is 1. The number of nitrogens with zero attached hydrogens (tertiary/aromatic N) is 1. The summed E-state index contributed by atoms with van der Waals surface area (Å²) in [4.78, 5) is 7.13. The molecular weight excluding hydrogens is 150 g/mol. The summed E-state index contributed by atoms with van der Waals surface area (Å²) < 4.78 is 0. The number of benzene rings is 1. The summed E-state index contributed by atoms with van der Waals surface area (Å²) in [6.07, 6.45) is 0. The molecule has 0 spiro atoms. The van der Waals surface area contributed by atoms with Crippen LogP contribution in [-0.4, -0.2) is 9.97 Å². The second-order valence-electron chi connectivity index (χ2n) is 3.08. The number of H-pyrrole nitrogens is 1. The number of aromatic amines is 1. The van der Waals surface area contributed by atoms with Crippen LogP contribution in [0.4, 0.5) is 5.95 Å². The maximum atomic E-state index is 5.52. The zero-order valence-corrected chi connectivity index (χ0v) is 7.18. The summed E-state index contributed by atoms with van der Waals surface area (Å²) in [7, 11) is 0. The highest BCUT2D eigenvalue weighted by Crippen LogP contribution is 2.17. The Kier molecular flexibility index (Phi) is 1.33. The second kappa shape index (κ2) is 2.24. The van der Waals surface area contributed by atoms with Crippen molar-refractivity contribution in [3.05, 3.63) is 23.3 Å². The lowest BCUT2D eigenvalue weighted by molar-refractivity contribution is 1.35. The van der Waals surface area contributed by atoms with Crippen molar-refractivity contribution < 1.29 is 0 Å². The molecule has 1 aromatic heterocycles. The van der Waals surface area contributed by atoms with Crippen molar-refractivity contribution in [1.82, 2.24) is 9.97 Å². The molecule has 0 amide bonds. The fraction of sp³-hybridized carbons (Fsp3) is 0.222. The van der Waals surface area contributed by atoms with Gasteiger partial charge in [-0.3, -0.25) is 0 Å². The van der Waals surface area contributed by atoms with E-state index in [4.69, 9.17) is 5.73 Å². The number of nitrogen functional groups attached to an aromatic ring is 1. The van der Waals surface area contributed by atoms with E-state index in [0.717, 1.165) is 11.0 Å². The molecule has 2 rings (SSSR count). The number of nitrogens with two attached hydrogens (primary N) is 1. The maximum absolute atomic E-state index is 5.52. The molecule has 0 aliphatic heterocycles. The van der Waals surface area contributed by atoms with Crippen LogP contribution < -0.4 is 5.73 Å². The Labute approximate surface area is 70.6 Å². The Morgan fingerprint density at radius 3 is 2.67 bits per heavy atom. The third-order valence-electron chi connectivity index (χ3n) is 2.12. The van der Waals surface area contributed by atoms with Gasteiger partial charge >= 0.3 is 0 Å². The highest BCUT2D eigenvalue weighted by molar-refractivity contribution is 5.78. The van der Waals surface area contributed by atoms with Crippen molar-refractivity contribution in [2.24, 2.45) is 0 Å². The first-order chi connectivity index (χ1) is 5.66. The number of rotatable bonds is 0. The van der Waals surface area contributed by atoms with Crippen molar-refractivity contribution in [2.45, 2.75) is 13.8 Å². The van der Waals surface area contributed by atoms with Crippen molar-refractivity contribution in [3.8, 4) is 0 Å². The van der Waals surface area contributed by atoms with Crippen LogP contribution in [0.5, 0.6) is 0 Å². The monoisotopic (exact) mass is 161 g/mol. The fourth-order valence-electron chi connectivity index (χ4n) is 1.29. The number of nitrogens with one attached hydrogen (secondary N) is 1.